The van der Waals surface area contributed by atoms with Crippen molar-refractivity contribution >= 4 is 11.8 Å². The van der Waals surface area contributed by atoms with Crippen LogP contribution in [0.3, 0.4) is 0 Å². The van der Waals surface area contributed by atoms with Crippen LogP contribution in [0.1, 0.15) is 6.92 Å². The third-order valence-electron chi connectivity index (χ3n) is 1.19. The minimum atomic E-state index is 0.961. The second kappa shape index (κ2) is 2.92. The summed E-state index contributed by atoms with van der Waals surface area (Å²) in [7, 11) is 0. The Bertz CT molecular complexity index is 164. The summed E-state index contributed by atoms with van der Waals surface area (Å²) in [5.41, 5.74) is 0. The summed E-state index contributed by atoms with van der Waals surface area (Å²) < 4.78 is 1.98. The summed E-state index contributed by atoms with van der Waals surface area (Å²) in [4.78, 5) is 0. The summed E-state index contributed by atoms with van der Waals surface area (Å²) in [6.45, 7) is 3.05. The summed E-state index contributed by atoms with van der Waals surface area (Å²) in [5.74, 6) is 0. The molecule has 0 bridgehead atoms. The minimum absolute atomic E-state index is 0.961. The van der Waals surface area contributed by atoms with Gasteiger partial charge in [-0.05, 0) is 19.2 Å². The van der Waals surface area contributed by atoms with E-state index >= 15 is 0 Å². The van der Waals surface area contributed by atoms with Crippen LogP contribution in [0.15, 0.2) is 17.3 Å². The van der Waals surface area contributed by atoms with Gasteiger partial charge in [-0.3, -0.25) is 4.68 Å². The average Bonchev–Trinajstić information content (AvgIpc) is 2.33. The Balaban J connectivity index is 2.85. The van der Waals surface area contributed by atoms with Gasteiger partial charge in [0.05, 0.1) is 11.2 Å². The molecule has 50 valence electrons. The number of aryl methyl sites for hydroxylation is 1. The molecule has 0 aliphatic rings. The molecular weight excluding hydrogens is 132 g/mol. The number of hydrogen-bond acceptors (Lipinski definition) is 2. The lowest BCUT2D eigenvalue weighted by molar-refractivity contribution is 0.606. The lowest BCUT2D eigenvalue weighted by Crippen LogP contribution is -1.96. The number of nitrogens with zero attached hydrogens (tertiary/aromatic N) is 2. The lowest BCUT2D eigenvalue weighted by atomic mass is 10.7. The van der Waals surface area contributed by atoms with Crippen molar-refractivity contribution in [3.05, 3.63) is 12.3 Å². The van der Waals surface area contributed by atoms with Crippen molar-refractivity contribution in [1.82, 2.24) is 9.78 Å². The van der Waals surface area contributed by atoms with E-state index in [9.17, 15) is 0 Å². The summed E-state index contributed by atoms with van der Waals surface area (Å²) in [6.07, 6.45) is 3.89. The SMILES string of the molecule is CCn1nccc1SC. The monoisotopic (exact) mass is 142 g/mol. The molecule has 9 heavy (non-hydrogen) atoms. The number of aromatic nitrogens is 2. The van der Waals surface area contributed by atoms with Crippen LogP contribution < -0.4 is 0 Å². The zero-order valence-corrected chi connectivity index (χ0v) is 6.48. The Morgan fingerprint density at radius 3 is 3.00 bits per heavy atom. The summed E-state index contributed by atoms with van der Waals surface area (Å²) in [5, 5.41) is 5.34. The fourth-order valence-corrected chi connectivity index (χ4v) is 1.32. The summed E-state index contributed by atoms with van der Waals surface area (Å²) >= 11 is 1.73. The van der Waals surface area contributed by atoms with Crippen LogP contribution >= 0.6 is 11.8 Å². The van der Waals surface area contributed by atoms with Gasteiger partial charge in [0, 0.05) is 6.54 Å². The molecule has 0 aliphatic heterocycles. The number of thioether (sulfide) groups is 1. The molecule has 0 aliphatic carbocycles. The Morgan fingerprint density at radius 2 is 2.56 bits per heavy atom. The van der Waals surface area contributed by atoms with Gasteiger partial charge < -0.3 is 0 Å². The molecule has 0 saturated carbocycles. The molecule has 0 atom stereocenters. The molecule has 0 saturated heterocycles. The highest BCUT2D eigenvalue weighted by molar-refractivity contribution is 7.98. The smallest absolute Gasteiger partial charge is 0.0936 e. The zero-order valence-electron chi connectivity index (χ0n) is 5.66. The fourth-order valence-electron chi connectivity index (χ4n) is 0.731. The Hall–Kier alpha value is -0.440. The molecule has 0 aromatic carbocycles. The third kappa shape index (κ3) is 1.27. The molecule has 3 heteroatoms. The van der Waals surface area contributed by atoms with Crippen LogP contribution in [0.25, 0.3) is 0 Å². The van der Waals surface area contributed by atoms with Crippen molar-refractivity contribution in [2.75, 3.05) is 6.26 Å². The van der Waals surface area contributed by atoms with Gasteiger partial charge in [-0.25, -0.2) is 0 Å². The normalized spacial score (nSPS) is 10.0. The highest BCUT2D eigenvalue weighted by atomic mass is 32.2. The first-order valence-corrected chi connectivity index (χ1v) is 4.16. The maximum atomic E-state index is 4.10. The first kappa shape index (κ1) is 6.68. The average molecular weight is 142 g/mol. The van der Waals surface area contributed by atoms with Gasteiger partial charge in [-0.15, -0.1) is 11.8 Å². The first-order chi connectivity index (χ1) is 4.38. The van der Waals surface area contributed by atoms with Crippen LogP contribution in [0, 0.1) is 0 Å². The van der Waals surface area contributed by atoms with E-state index in [0.29, 0.717) is 0 Å². The predicted molar refractivity (Wildman–Crippen MR) is 39.7 cm³/mol. The highest BCUT2D eigenvalue weighted by Crippen LogP contribution is 2.12. The maximum Gasteiger partial charge on any atom is 0.0936 e. The lowest BCUT2D eigenvalue weighted by Gasteiger charge is -1.98. The third-order valence-corrected chi connectivity index (χ3v) is 1.95. The van der Waals surface area contributed by atoms with Crippen LogP contribution in [0.5, 0.6) is 0 Å². The molecule has 1 aromatic heterocycles. The van der Waals surface area contributed by atoms with Gasteiger partial charge in [0.1, 0.15) is 0 Å². The van der Waals surface area contributed by atoms with E-state index in [2.05, 4.69) is 18.3 Å². The Kier molecular flexibility index (Phi) is 2.16. The van der Waals surface area contributed by atoms with Gasteiger partial charge in [0.15, 0.2) is 0 Å². The summed E-state index contributed by atoms with van der Waals surface area (Å²) in [6, 6.07) is 2.02. The molecule has 1 rings (SSSR count). The zero-order chi connectivity index (χ0) is 6.69. The molecule has 0 unspecified atom stereocenters. The van der Waals surface area contributed by atoms with E-state index in [1.807, 2.05) is 16.9 Å². The van der Waals surface area contributed by atoms with E-state index in [1.54, 1.807) is 11.8 Å². The fraction of sp³-hybridized carbons (Fsp3) is 0.500. The van der Waals surface area contributed by atoms with Crippen LogP contribution in [-0.2, 0) is 6.54 Å². The largest absolute Gasteiger partial charge is 0.259 e. The molecular formula is C6H10N2S. The number of hydrogen-bond donors (Lipinski definition) is 0. The quantitative estimate of drug-likeness (QED) is 0.584. The van der Waals surface area contributed by atoms with E-state index in [-0.39, 0.29) is 0 Å². The van der Waals surface area contributed by atoms with Gasteiger partial charge in [-0.1, -0.05) is 0 Å². The predicted octanol–water partition coefficient (Wildman–Crippen LogP) is 1.62. The minimum Gasteiger partial charge on any atom is -0.259 e. The van der Waals surface area contributed by atoms with Crippen LogP contribution in [-0.4, -0.2) is 16.0 Å². The van der Waals surface area contributed by atoms with E-state index in [0.717, 1.165) is 6.54 Å². The van der Waals surface area contributed by atoms with E-state index in [4.69, 9.17) is 0 Å². The molecule has 0 spiro atoms. The second-order valence-electron chi connectivity index (χ2n) is 1.69. The van der Waals surface area contributed by atoms with Crippen molar-refractivity contribution in [2.45, 2.75) is 18.5 Å². The standard InChI is InChI=1S/C6H10N2S/c1-3-8-6(9-2)4-5-7-8/h4-5H,3H2,1-2H3. The van der Waals surface area contributed by atoms with E-state index in [1.165, 1.54) is 5.03 Å². The Labute approximate surface area is 59.3 Å². The molecule has 1 aromatic rings. The van der Waals surface area contributed by atoms with Gasteiger partial charge >= 0.3 is 0 Å². The van der Waals surface area contributed by atoms with E-state index < -0.39 is 0 Å². The van der Waals surface area contributed by atoms with Crippen LogP contribution in [0.2, 0.25) is 0 Å². The van der Waals surface area contributed by atoms with Crippen LogP contribution in [0.4, 0.5) is 0 Å². The van der Waals surface area contributed by atoms with Crippen molar-refractivity contribution in [3.8, 4) is 0 Å². The van der Waals surface area contributed by atoms with Crippen molar-refractivity contribution in [2.24, 2.45) is 0 Å². The first-order valence-electron chi connectivity index (χ1n) is 2.94. The Morgan fingerprint density at radius 1 is 1.78 bits per heavy atom. The molecule has 2 nitrogen and oxygen atoms in total. The van der Waals surface area contributed by atoms with Crippen molar-refractivity contribution in [3.63, 3.8) is 0 Å². The molecule has 1 heterocycles. The number of rotatable bonds is 2. The highest BCUT2D eigenvalue weighted by Gasteiger charge is 1.94. The van der Waals surface area contributed by atoms with Gasteiger partial charge in [0.25, 0.3) is 0 Å². The van der Waals surface area contributed by atoms with Gasteiger partial charge in [0.2, 0.25) is 0 Å². The molecule has 0 radical (unpaired) electrons. The molecule has 0 amide bonds. The topological polar surface area (TPSA) is 17.8 Å². The van der Waals surface area contributed by atoms with Gasteiger partial charge in [-0.2, -0.15) is 5.10 Å². The van der Waals surface area contributed by atoms with Crippen molar-refractivity contribution in [1.29, 1.82) is 0 Å². The second-order valence-corrected chi connectivity index (χ2v) is 2.52. The van der Waals surface area contributed by atoms with Crippen molar-refractivity contribution < 1.29 is 0 Å². The molecule has 0 N–H and O–H groups in total. The maximum absolute atomic E-state index is 4.10. The molecule has 0 fully saturated rings.